The molecule has 102 valence electrons. The minimum absolute atomic E-state index is 0.172. The number of carbonyl (C=O) groups is 2. The van der Waals surface area contributed by atoms with Crippen molar-refractivity contribution >= 4 is 33.4 Å². The topological polar surface area (TPSA) is 101 Å². The monoisotopic (exact) mass is 329 g/mol. The van der Waals surface area contributed by atoms with E-state index in [0.29, 0.717) is 11.0 Å². The lowest BCUT2D eigenvalue weighted by Gasteiger charge is -2.06. The molecule has 19 heavy (non-hydrogen) atoms. The fourth-order valence-electron chi connectivity index (χ4n) is 1.31. The van der Waals surface area contributed by atoms with E-state index in [0.717, 1.165) is 0 Å². The van der Waals surface area contributed by atoms with Crippen molar-refractivity contribution in [1.29, 1.82) is 0 Å². The molecule has 0 spiro atoms. The van der Waals surface area contributed by atoms with Gasteiger partial charge in [-0.1, -0.05) is 0 Å². The van der Waals surface area contributed by atoms with Crippen LogP contribution in [0.15, 0.2) is 22.7 Å². The second-order valence-corrected chi connectivity index (χ2v) is 4.52. The van der Waals surface area contributed by atoms with Crippen molar-refractivity contribution in [2.24, 2.45) is 0 Å². The molecule has 0 atom stereocenters. The molecule has 1 aromatic carbocycles. The van der Waals surface area contributed by atoms with Crippen molar-refractivity contribution in [1.82, 2.24) is 10.6 Å². The van der Waals surface area contributed by atoms with Crippen LogP contribution >= 0.6 is 15.9 Å². The zero-order chi connectivity index (χ0) is 14.4. The lowest BCUT2D eigenvalue weighted by molar-refractivity contribution is -0.385. The van der Waals surface area contributed by atoms with Gasteiger partial charge in [0.2, 0.25) is 5.91 Å². The predicted molar refractivity (Wildman–Crippen MR) is 71.8 cm³/mol. The summed E-state index contributed by atoms with van der Waals surface area (Å²) < 4.78 is 0.312. The summed E-state index contributed by atoms with van der Waals surface area (Å²) in [6, 6.07) is 4.11. The highest BCUT2D eigenvalue weighted by molar-refractivity contribution is 9.10. The molecular weight excluding hydrogens is 318 g/mol. The standard InChI is InChI=1S/C11H12BrN3O4/c1-7(16)13-4-5-14-11(17)8-2-3-9(12)10(6-8)15(18)19/h2-3,6H,4-5H2,1H3,(H,13,16)(H,14,17). The molecule has 7 nitrogen and oxygen atoms in total. The highest BCUT2D eigenvalue weighted by atomic mass is 79.9. The fourth-order valence-corrected chi connectivity index (χ4v) is 1.70. The summed E-state index contributed by atoms with van der Waals surface area (Å²) in [5, 5.41) is 15.8. The van der Waals surface area contributed by atoms with Gasteiger partial charge in [-0.2, -0.15) is 0 Å². The lowest BCUT2D eigenvalue weighted by atomic mass is 10.2. The van der Waals surface area contributed by atoms with Gasteiger partial charge >= 0.3 is 0 Å². The van der Waals surface area contributed by atoms with Crippen molar-refractivity contribution in [2.75, 3.05) is 13.1 Å². The van der Waals surface area contributed by atoms with Crippen LogP contribution in [0, 0.1) is 10.1 Å². The number of rotatable bonds is 5. The number of benzene rings is 1. The van der Waals surface area contributed by atoms with Gasteiger partial charge < -0.3 is 10.6 Å². The Morgan fingerprint density at radius 2 is 1.95 bits per heavy atom. The van der Waals surface area contributed by atoms with Crippen LogP contribution in [-0.4, -0.2) is 29.8 Å². The summed E-state index contributed by atoms with van der Waals surface area (Å²) >= 11 is 3.04. The Morgan fingerprint density at radius 3 is 2.53 bits per heavy atom. The molecule has 0 aromatic heterocycles. The van der Waals surface area contributed by atoms with E-state index in [9.17, 15) is 19.7 Å². The van der Waals surface area contributed by atoms with Crippen LogP contribution < -0.4 is 10.6 Å². The van der Waals surface area contributed by atoms with E-state index in [2.05, 4.69) is 26.6 Å². The van der Waals surface area contributed by atoms with Crippen LogP contribution in [-0.2, 0) is 4.79 Å². The number of carbonyl (C=O) groups excluding carboxylic acids is 2. The average molecular weight is 330 g/mol. The quantitative estimate of drug-likeness (QED) is 0.481. The van der Waals surface area contributed by atoms with Crippen molar-refractivity contribution in [3.63, 3.8) is 0 Å². The first kappa shape index (κ1) is 15.1. The number of hydrogen-bond donors (Lipinski definition) is 2. The van der Waals surface area contributed by atoms with Gasteiger partial charge in [-0.15, -0.1) is 0 Å². The van der Waals surface area contributed by atoms with Crippen molar-refractivity contribution in [2.45, 2.75) is 6.92 Å². The second-order valence-electron chi connectivity index (χ2n) is 3.66. The largest absolute Gasteiger partial charge is 0.355 e. The first-order valence-electron chi connectivity index (χ1n) is 5.38. The molecule has 1 rings (SSSR count). The number of nitrogens with zero attached hydrogens (tertiary/aromatic N) is 1. The normalized spacial score (nSPS) is 9.79. The number of nitrogens with one attached hydrogen (secondary N) is 2. The first-order chi connectivity index (χ1) is 8.91. The Balaban J connectivity index is 2.65. The van der Waals surface area contributed by atoms with Crippen molar-refractivity contribution in [3.8, 4) is 0 Å². The molecule has 0 saturated carbocycles. The summed E-state index contributed by atoms with van der Waals surface area (Å²) in [6.07, 6.45) is 0. The van der Waals surface area contributed by atoms with Gasteiger partial charge in [-0.3, -0.25) is 19.7 Å². The zero-order valence-corrected chi connectivity index (χ0v) is 11.7. The molecule has 0 heterocycles. The van der Waals surface area contributed by atoms with Gasteiger partial charge in [0.1, 0.15) is 0 Å². The van der Waals surface area contributed by atoms with Crippen LogP contribution in [0.2, 0.25) is 0 Å². The smallest absolute Gasteiger partial charge is 0.284 e. The number of halogens is 1. The summed E-state index contributed by atoms with van der Waals surface area (Å²) in [7, 11) is 0. The Hall–Kier alpha value is -1.96. The third-order valence-electron chi connectivity index (χ3n) is 2.19. The van der Waals surface area contributed by atoms with E-state index in [1.807, 2.05) is 0 Å². The molecule has 0 aliphatic heterocycles. The average Bonchev–Trinajstić information content (AvgIpc) is 2.34. The van der Waals surface area contributed by atoms with Crippen molar-refractivity contribution in [3.05, 3.63) is 38.3 Å². The predicted octanol–water partition coefficient (Wildman–Crippen LogP) is 1.22. The molecule has 0 unspecified atom stereocenters. The Kier molecular flexibility index (Phi) is 5.43. The Morgan fingerprint density at radius 1 is 1.32 bits per heavy atom. The van der Waals surface area contributed by atoms with E-state index in [4.69, 9.17) is 0 Å². The van der Waals surface area contributed by atoms with Gasteiger partial charge in [0.25, 0.3) is 11.6 Å². The molecule has 0 aliphatic carbocycles. The van der Waals surface area contributed by atoms with Crippen LogP contribution in [0.25, 0.3) is 0 Å². The Labute approximate surface area is 117 Å². The molecule has 2 N–H and O–H groups in total. The number of hydrogen-bond acceptors (Lipinski definition) is 4. The third kappa shape index (κ3) is 4.66. The van der Waals surface area contributed by atoms with Gasteiger partial charge in [-0.25, -0.2) is 0 Å². The summed E-state index contributed by atoms with van der Waals surface area (Å²) in [6.45, 7) is 1.93. The maximum atomic E-state index is 11.7. The van der Waals surface area contributed by atoms with Crippen LogP contribution in [0.1, 0.15) is 17.3 Å². The molecule has 2 amide bonds. The molecule has 0 aliphatic rings. The molecule has 0 radical (unpaired) electrons. The number of nitro benzene ring substituents is 1. The SMILES string of the molecule is CC(=O)NCCNC(=O)c1ccc(Br)c([N+](=O)[O-])c1. The minimum Gasteiger partial charge on any atom is -0.355 e. The molecular formula is C11H12BrN3O4. The zero-order valence-electron chi connectivity index (χ0n) is 10.1. The van der Waals surface area contributed by atoms with Crippen LogP contribution in [0.4, 0.5) is 5.69 Å². The van der Waals surface area contributed by atoms with Crippen molar-refractivity contribution < 1.29 is 14.5 Å². The van der Waals surface area contributed by atoms with E-state index >= 15 is 0 Å². The third-order valence-corrected chi connectivity index (χ3v) is 2.86. The molecule has 0 bridgehead atoms. The highest BCUT2D eigenvalue weighted by Gasteiger charge is 2.15. The lowest BCUT2D eigenvalue weighted by Crippen LogP contribution is -2.33. The highest BCUT2D eigenvalue weighted by Crippen LogP contribution is 2.25. The van der Waals surface area contributed by atoms with Gasteiger partial charge in [0, 0.05) is 31.6 Å². The van der Waals surface area contributed by atoms with E-state index in [1.165, 1.54) is 25.1 Å². The van der Waals surface area contributed by atoms with Crippen LogP contribution in [0.5, 0.6) is 0 Å². The minimum atomic E-state index is -0.571. The molecule has 1 aromatic rings. The number of nitro groups is 1. The maximum Gasteiger partial charge on any atom is 0.284 e. The summed E-state index contributed by atoms with van der Waals surface area (Å²) in [5.74, 6) is -0.616. The van der Waals surface area contributed by atoms with Gasteiger partial charge in [-0.05, 0) is 28.1 Å². The first-order valence-corrected chi connectivity index (χ1v) is 6.17. The maximum absolute atomic E-state index is 11.7. The van der Waals surface area contributed by atoms with E-state index in [1.54, 1.807) is 0 Å². The number of amides is 2. The summed E-state index contributed by atoms with van der Waals surface area (Å²) in [4.78, 5) is 32.5. The molecule has 0 fully saturated rings. The van der Waals surface area contributed by atoms with Gasteiger partial charge in [0.05, 0.1) is 9.40 Å². The fraction of sp³-hybridized carbons (Fsp3) is 0.273. The molecule has 8 heteroatoms. The van der Waals surface area contributed by atoms with E-state index in [-0.39, 0.29) is 23.7 Å². The van der Waals surface area contributed by atoms with Crippen LogP contribution in [0.3, 0.4) is 0 Å². The second kappa shape index (κ2) is 6.83. The summed E-state index contributed by atoms with van der Waals surface area (Å²) in [5.41, 5.74) is 0.0206. The van der Waals surface area contributed by atoms with Gasteiger partial charge in [0.15, 0.2) is 0 Å². The Bertz CT molecular complexity index is 519. The van der Waals surface area contributed by atoms with E-state index < -0.39 is 10.8 Å². The molecule has 0 saturated heterocycles.